The van der Waals surface area contributed by atoms with Gasteiger partial charge in [-0.1, -0.05) is 117 Å². The molecule has 19 amide bonds. The summed E-state index contributed by atoms with van der Waals surface area (Å²) < 4.78 is 0. The molecule has 0 aromatic rings. The normalized spacial score (nSPS) is 14.7. The molecule has 0 spiro atoms. The number of primary amides is 2. The van der Waals surface area contributed by atoms with Crippen molar-refractivity contribution in [2.45, 2.75) is 400 Å². The lowest BCUT2D eigenvalue weighted by molar-refractivity contribution is -0.137. The predicted octanol–water partition coefficient (Wildman–Crippen LogP) is -1.57. The Labute approximate surface area is 835 Å². The molecule has 141 heavy (non-hydrogen) atoms. The summed E-state index contributed by atoms with van der Waals surface area (Å²) in [4.78, 5) is 267. The summed E-state index contributed by atoms with van der Waals surface area (Å²) in [5.41, 5.74) is 48.7. The minimum atomic E-state index is -1.61. The molecule has 0 aromatic carbocycles. The van der Waals surface area contributed by atoms with E-state index in [1.165, 1.54) is 0 Å². The van der Waals surface area contributed by atoms with Crippen LogP contribution in [0.25, 0.3) is 0 Å². The van der Waals surface area contributed by atoms with E-state index in [4.69, 9.17) is 51.7 Å². The molecule has 0 aliphatic carbocycles. The standard InChI is InChI=1S/C96H182N26O19/c1-55(2)46-63(102)82(127)108-69(36-38-78(103)123)88(133)110-66(32-21-26-42-99)85(130)116-75(51-60(11)12)94(139)120-73(49-58(7)8)92(137)113-68(34-23-28-44-101)87(132)117-76(52-61(13)14)95(140)119-72(48-57(5)6)91(136)111-65(31-20-25-41-98)84(129)114-70(37-39-79(104)124)89(134)118-77(53-62(15)16)96(141)121-74(50-59(9)10)93(138)112-67(33-22-27-43-100)86(131)115-71(47-56(3)4)90(135)109-64(30-19-24-40-97)83(128)107-54-81(126)106-45-29-17-18-35-80(125)122-105/h55-77H,17-54,97-102,105H2,1-16H3,(H2,103,123)(H2,104,124)(H,106,126)(H,107,128)(H,108,127)(H,109,135)(H,110,133)(H,111,136)(H,112,138)(H,113,137)(H,114,129)(H,115,131)(H,116,130)(H,117,132)(H,118,134)(H,119,140)(H,120,139)(H,121,141)(H,122,125)/t63-,64-,65-,66-,67-,68-,69-,70-,71-,72-,73-,74-,75-,76-,77-/m0/s1. The van der Waals surface area contributed by atoms with Crippen molar-refractivity contribution in [1.82, 2.24) is 90.5 Å². The van der Waals surface area contributed by atoms with Crippen molar-refractivity contribution in [2.75, 3.05) is 45.8 Å². The smallest absolute Gasteiger partial charge is 0.243 e. The fraction of sp³-hybridized carbons (Fsp3) is 0.802. The van der Waals surface area contributed by atoms with Crippen LogP contribution in [0.1, 0.15) is 310 Å². The molecule has 0 rings (SSSR count). The van der Waals surface area contributed by atoms with Crippen LogP contribution in [0.15, 0.2) is 0 Å². The van der Waals surface area contributed by atoms with Crippen LogP contribution in [0.3, 0.4) is 0 Å². The lowest BCUT2D eigenvalue weighted by Gasteiger charge is -2.30. The molecule has 0 heterocycles. The zero-order valence-electron chi connectivity index (χ0n) is 87.1. The highest BCUT2D eigenvalue weighted by Gasteiger charge is 2.40. The fourth-order valence-corrected chi connectivity index (χ4v) is 15.5. The lowest BCUT2D eigenvalue weighted by atomic mass is 9.98. The van der Waals surface area contributed by atoms with E-state index in [0.717, 1.165) is 0 Å². The summed E-state index contributed by atoms with van der Waals surface area (Å²) in [6, 6.07) is -19.9. The largest absolute Gasteiger partial charge is 0.370 e. The van der Waals surface area contributed by atoms with Crippen LogP contribution < -0.4 is 142 Å². The van der Waals surface area contributed by atoms with E-state index in [2.05, 4.69) is 90.5 Å². The van der Waals surface area contributed by atoms with Gasteiger partial charge in [-0.25, -0.2) is 5.84 Å². The average molecular weight is 2000 g/mol. The highest BCUT2D eigenvalue weighted by Crippen LogP contribution is 2.20. The van der Waals surface area contributed by atoms with Crippen molar-refractivity contribution >= 4 is 112 Å². The van der Waals surface area contributed by atoms with E-state index >= 15 is 0 Å². The number of hydrogen-bond donors (Lipinski definition) is 26. The molecule has 0 unspecified atom stereocenters. The van der Waals surface area contributed by atoms with E-state index in [1.807, 2.05) is 27.7 Å². The van der Waals surface area contributed by atoms with Gasteiger partial charge in [-0.05, 0) is 253 Å². The SMILES string of the molecule is CC(C)C[C@H](NC(=O)[C@H](CCCCN)NC(=O)[C@H](CC(C)C)NC(=O)[C@H](CC(C)C)NC(=O)[C@H](CCC(N)=O)NC(=O)[C@H](CCCCN)NC(=O)[C@H](CC(C)C)NC(=O)[C@H](CC(C)C)NC(=O)[C@H](CCCCN)NC(=O)[C@H](CC(C)C)NC(=O)[C@H](CC(C)C)NC(=O)[C@H](CCCCN)NC(=O)[C@H](CCC(N)=O)NC(=O)[C@@H](N)CC(C)C)C(=O)N[C@@H](CCCCN)C(=O)NCC(=O)NCCCCCC(=O)NN. The Morgan fingerprint density at radius 2 is 0.404 bits per heavy atom. The van der Waals surface area contributed by atoms with Crippen LogP contribution in [0.4, 0.5) is 0 Å². The van der Waals surface area contributed by atoms with Crippen LogP contribution in [0, 0.1) is 47.3 Å². The Morgan fingerprint density at radius 1 is 0.206 bits per heavy atom. The van der Waals surface area contributed by atoms with Gasteiger partial charge in [0.15, 0.2) is 0 Å². The first kappa shape index (κ1) is 131. The molecule has 0 bridgehead atoms. The molecule has 45 nitrogen and oxygen atoms in total. The minimum absolute atomic E-state index is 0.00187. The van der Waals surface area contributed by atoms with Gasteiger partial charge >= 0.3 is 0 Å². The molecule has 810 valence electrons. The van der Waals surface area contributed by atoms with Crippen LogP contribution in [0.2, 0.25) is 0 Å². The number of carbonyl (C=O) groups excluding carboxylic acids is 19. The Kier molecular flexibility index (Phi) is 68.3. The summed E-state index contributed by atoms with van der Waals surface area (Å²) in [7, 11) is 0. The number of nitrogens with one attached hydrogen (secondary N) is 17. The van der Waals surface area contributed by atoms with Gasteiger partial charge in [-0.3, -0.25) is 96.5 Å². The topological polar surface area (TPSA) is 763 Å². The van der Waals surface area contributed by atoms with Crippen LogP contribution in [0.5, 0.6) is 0 Å². The maximum absolute atomic E-state index is 14.9. The molecule has 0 radical (unpaired) electrons. The Balaban J connectivity index is 7.45. The summed E-state index contributed by atoms with van der Waals surface area (Å²) in [5.74, 6) is -11.1. The van der Waals surface area contributed by atoms with Gasteiger partial charge in [0.2, 0.25) is 112 Å². The monoisotopic (exact) mass is 2000 g/mol. The predicted molar refractivity (Wildman–Crippen MR) is 539 cm³/mol. The second kappa shape index (κ2) is 73.7. The first-order chi connectivity index (χ1) is 66.4. The summed E-state index contributed by atoms with van der Waals surface area (Å²) in [5, 5.41) is 43.8. The zero-order chi connectivity index (χ0) is 107. The third-order valence-corrected chi connectivity index (χ3v) is 23.0. The van der Waals surface area contributed by atoms with E-state index < -0.39 is 216 Å². The number of rotatable bonds is 79. The second-order valence-corrected chi connectivity index (χ2v) is 40.4. The Bertz CT molecular complexity index is 3840. The molecule has 0 aromatic heterocycles. The number of unbranched alkanes of at least 4 members (excludes halogenated alkanes) is 7. The highest BCUT2D eigenvalue weighted by molar-refractivity contribution is 6.01. The Morgan fingerprint density at radius 3 is 0.610 bits per heavy atom. The molecular formula is C96H182N26O19. The van der Waals surface area contributed by atoms with Crippen LogP contribution in [-0.4, -0.2) is 249 Å². The number of nitrogens with two attached hydrogens (primary N) is 9. The van der Waals surface area contributed by atoms with Crippen molar-refractivity contribution in [3.63, 3.8) is 0 Å². The van der Waals surface area contributed by atoms with Crippen molar-refractivity contribution < 1.29 is 91.1 Å². The quantitative estimate of drug-likeness (QED) is 0.0142. The third-order valence-electron chi connectivity index (χ3n) is 23.0. The van der Waals surface area contributed by atoms with Crippen molar-refractivity contribution in [2.24, 2.45) is 99.1 Å². The summed E-state index contributed by atoms with van der Waals surface area (Å²) in [6.45, 7) is 29.8. The Hall–Kier alpha value is -10.3. The van der Waals surface area contributed by atoms with E-state index in [-0.39, 0.29) is 195 Å². The summed E-state index contributed by atoms with van der Waals surface area (Å²) >= 11 is 0. The van der Waals surface area contributed by atoms with Crippen molar-refractivity contribution in [3.05, 3.63) is 0 Å². The molecule has 15 atom stereocenters. The lowest BCUT2D eigenvalue weighted by Crippen LogP contribution is -2.61. The van der Waals surface area contributed by atoms with Gasteiger partial charge in [0.1, 0.15) is 84.6 Å². The second-order valence-electron chi connectivity index (χ2n) is 40.4. The molecule has 0 saturated heterocycles. The number of hydrogen-bond acceptors (Lipinski definition) is 26. The first-order valence-electron chi connectivity index (χ1n) is 51.0. The maximum atomic E-state index is 14.9. The van der Waals surface area contributed by atoms with Gasteiger partial charge in [-0.2, -0.15) is 0 Å². The zero-order valence-corrected chi connectivity index (χ0v) is 87.1. The molecule has 45 heteroatoms. The molecule has 0 aliphatic rings. The summed E-state index contributed by atoms with van der Waals surface area (Å²) in [6.07, 6.45) is 4.81. The molecule has 0 aliphatic heterocycles. The van der Waals surface area contributed by atoms with Gasteiger partial charge in [0.25, 0.3) is 0 Å². The average Bonchev–Trinajstić information content (AvgIpc) is 0.819. The van der Waals surface area contributed by atoms with Crippen molar-refractivity contribution in [1.29, 1.82) is 0 Å². The number of amides is 19. The fourth-order valence-electron chi connectivity index (χ4n) is 15.5. The highest BCUT2D eigenvalue weighted by atomic mass is 16.2. The number of carbonyl (C=O) groups is 19. The maximum Gasteiger partial charge on any atom is 0.243 e. The van der Waals surface area contributed by atoms with Crippen LogP contribution in [-0.2, 0) is 91.1 Å². The molecular weight excluding hydrogens is 1820 g/mol. The minimum Gasteiger partial charge on any atom is -0.370 e. The van der Waals surface area contributed by atoms with Gasteiger partial charge in [-0.15, -0.1) is 0 Å². The molecule has 0 fully saturated rings. The first-order valence-corrected chi connectivity index (χ1v) is 51.0. The van der Waals surface area contributed by atoms with E-state index in [9.17, 15) is 91.1 Å². The number of hydrazine groups is 1. The molecule has 0 saturated carbocycles. The van der Waals surface area contributed by atoms with Gasteiger partial charge in [0.05, 0.1) is 12.6 Å². The van der Waals surface area contributed by atoms with Crippen molar-refractivity contribution in [3.8, 4) is 0 Å². The molecule has 35 N–H and O–H groups in total. The van der Waals surface area contributed by atoms with Crippen LogP contribution >= 0.6 is 0 Å². The van der Waals surface area contributed by atoms with E-state index in [1.54, 1.807) is 83.1 Å². The third kappa shape index (κ3) is 59.4. The van der Waals surface area contributed by atoms with Gasteiger partial charge in [0, 0.05) is 25.8 Å². The van der Waals surface area contributed by atoms with E-state index in [0.29, 0.717) is 83.6 Å². The van der Waals surface area contributed by atoms with Gasteiger partial charge < -0.3 is 131 Å².